The zero-order valence-electron chi connectivity index (χ0n) is 7.59. The number of cyclic esters (lactones) is 1. The number of aliphatic hydroxyl groups excluding tert-OH is 1. The summed E-state index contributed by atoms with van der Waals surface area (Å²) in [6.45, 7) is 1.94. The number of hydrogen-bond donors (Lipinski definition) is 1. The molecule has 1 atom stereocenters. The van der Waals surface area contributed by atoms with E-state index in [1.54, 1.807) is 0 Å². The van der Waals surface area contributed by atoms with Crippen molar-refractivity contribution in [3.63, 3.8) is 0 Å². The molecule has 1 heterocycles. The summed E-state index contributed by atoms with van der Waals surface area (Å²) < 4.78 is 5.43. The van der Waals surface area contributed by atoms with E-state index in [2.05, 4.69) is 31.9 Å². The fourth-order valence-corrected chi connectivity index (χ4v) is 2.44. The molecule has 0 spiro atoms. The smallest absolute Gasteiger partial charge is 0.343 e. The Kier molecular flexibility index (Phi) is 4.34. The SMILES string of the molecule is CCC[C@H](O)C1=C(Br)/C(=C\Br)OC1=O. The number of carbonyl (C=O) groups is 1. The van der Waals surface area contributed by atoms with Crippen LogP contribution in [-0.2, 0) is 9.53 Å². The summed E-state index contributed by atoms with van der Waals surface area (Å²) >= 11 is 6.29. The highest BCUT2D eigenvalue weighted by atomic mass is 79.9. The molecule has 0 aromatic rings. The van der Waals surface area contributed by atoms with E-state index in [1.165, 1.54) is 4.99 Å². The maximum Gasteiger partial charge on any atom is 0.343 e. The van der Waals surface area contributed by atoms with Crippen LogP contribution in [0.2, 0.25) is 0 Å². The van der Waals surface area contributed by atoms with E-state index >= 15 is 0 Å². The normalized spacial score (nSPS) is 21.7. The van der Waals surface area contributed by atoms with Gasteiger partial charge in [0.1, 0.15) is 0 Å². The molecule has 0 bridgehead atoms. The maximum absolute atomic E-state index is 11.3. The highest BCUT2D eigenvalue weighted by Gasteiger charge is 2.32. The van der Waals surface area contributed by atoms with Gasteiger partial charge in [0.25, 0.3) is 0 Å². The third-order valence-corrected chi connectivity index (χ3v) is 3.10. The van der Waals surface area contributed by atoms with Gasteiger partial charge < -0.3 is 9.84 Å². The van der Waals surface area contributed by atoms with Gasteiger partial charge in [-0.25, -0.2) is 4.79 Å². The van der Waals surface area contributed by atoms with Gasteiger partial charge in [-0.2, -0.15) is 0 Å². The maximum atomic E-state index is 11.3. The third-order valence-electron chi connectivity index (χ3n) is 1.87. The van der Waals surface area contributed by atoms with E-state index in [0.717, 1.165) is 6.42 Å². The van der Waals surface area contributed by atoms with E-state index in [4.69, 9.17) is 4.74 Å². The van der Waals surface area contributed by atoms with E-state index in [9.17, 15) is 9.90 Å². The van der Waals surface area contributed by atoms with Gasteiger partial charge in [-0.3, -0.25) is 0 Å². The molecule has 1 aliphatic rings. The second-order valence-electron chi connectivity index (χ2n) is 2.90. The fraction of sp³-hybridized carbons (Fsp3) is 0.444. The van der Waals surface area contributed by atoms with Gasteiger partial charge in [0, 0.05) is 4.99 Å². The van der Waals surface area contributed by atoms with Crippen LogP contribution in [-0.4, -0.2) is 17.2 Å². The van der Waals surface area contributed by atoms with Crippen LogP contribution in [0.15, 0.2) is 20.8 Å². The average molecular weight is 326 g/mol. The first kappa shape index (κ1) is 11.9. The molecule has 0 radical (unpaired) electrons. The minimum atomic E-state index is -0.758. The zero-order chi connectivity index (χ0) is 10.7. The monoisotopic (exact) mass is 324 g/mol. The molecule has 5 heteroatoms. The van der Waals surface area contributed by atoms with E-state index in [1.807, 2.05) is 6.92 Å². The summed E-state index contributed by atoms with van der Waals surface area (Å²) in [6.07, 6.45) is 0.604. The molecule has 0 unspecified atom stereocenters. The molecular weight excluding hydrogens is 316 g/mol. The molecule has 78 valence electrons. The van der Waals surface area contributed by atoms with Gasteiger partial charge >= 0.3 is 5.97 Å². The Labute approximate surface area is 99.1 Å². The van der Waals surface area contributed by atoms with Crippen LogP contribution >= 0.6 is 31.9 Å². The Hall–Kier alpha value is -0.130. The summed E-state index contributed by atoms with van der Waals surface area (Å²) in [6, 6.07) is 0. The number of carbonyl (C=O) groups excluding carboxylic acids is 1. The number of allylic oxidation sites excluding steroid dienone is 1. The van der Waals surface area contributed by atoms with Gasteiger partial charge in [-0.05, 0) is 22.4 Å². The third kappa shape index (κ3) is 2.27. The molecule has 3 nitrogen and oxygen atoms in total. The van der Waals surface area contributed by atoms with Crippen molar-refractivity contribution in [2.45, 2.75) is 25.9 Å². The number of halogens is 2. The quantitative estimate of drug-likeness (QED) is 0.811. The van der Waals surface area contributed by atoms with Gasteiger partial charge in [-0.15, -0.1) is 0 Å². The van der Waals surface area contributed by atoms with Crippen LogP contribution in [0.3, 0.4) is 0 Å². The zero-order valence-corrected chi connectivity index (χ0v) is 10.8. The van der Waals surface area contributed by atoms with E-state index in [0.29, 0.717) is 22.2 Å². The summed E-state index contributed by atoms with van der Waals surface area (Å²) in [5.41, 5.74) is 0.303. The number of ether oxygens (including phenoxy) is 1. The number of esters is 1. The molecule has 0 saturated heterocycles. The topological polar surface area (TPSA) is 46.5 Å². The Balaban J connectivity index is 2.95. The number of aliphatic hydroxyl groups is 1. The Bertz CT molecular complexity index is 307. The first-order valence-corrected chi connectivity index (χ1v) is 5.93. The lowest BCUT2D eigenvalue weighted by Crippen LogP contribution is -2.15. The van der Waals surface area contributed by atoms with Crippen LogP contribution in [0.4, 0.5) is 0 Å². The van der Waals surface area contributed by atoms with Gasteiger partial charge in [0.2, 0.25) is 0 Å². The van der Waals surface area contributed by atoms with E-state index < -0.39 is 12.1 Å². The molecule has 1 N–H and O–H groups in total. The van der Waals surface area contributed by atoms with Crippen LogP contribution in [0.1, 0.15) is 19.8 Å². The average Bonchev–Trinajstić information content (AvgIpc) is 2.41. The van der Waals surface area contributed by atoms with Gasteiger partial charge in [-0.1, -0.05) is 29.3 Å². The molecule has 0 aromatic heterocycles. The van der Waals surface area contributed by atoms with Crippen molar-refractivity contribution in [1.29, 1.82) is 0 Å². The van der Waals surface area contributed by atoms with Crippen molar-refractivity contribution < 1.29 is 14.6 Å². The minimum Gasteiger partial charge on any atom is -0.421 e. The molecule has 0 fully saturated rings. The molecule has 14 heavy (non-hydrogen) atoms. The van der Waals surface area contributed by atoms with Crippen LogP contribution in [0.25, 0.3) is 0 Å². The number of hydrogen-bond acceptors (Lipinski definition) is 3. The van der Waals surface area contributed by atoms with Gasteiger partial charge in [0.15, 0.2) is 5.76 Å². The summed E-state index contributed by atoms with van der Waals surface area (Å²) in [5.74, 6) is -0.0799. The predicted molar refractivity (Wildman–Crippen MR) is 60.0 cm³/mol. The number of rotatable bonds is 3. The molecule has 0 amide bonds. The van der Waals surface area contributed by atoms with Crippen molar-refractivity contribution in [2.24, 2.45) is 0 Å². The molecule has 0 aliphatic carbocycles. The van der Waals surface area contributed by atoms with Crippen LogP contribution in [0.5, 0.6) is 0 Å². The molecule has 0 saturated carbocycles. The van der Waals surface area contributed by atoms with Gasteiger partial charge in [0.05, 0.1) is 16.2 Å². The summed E-state index contributed by atoms with van der Waals surface area (Å²) in [5, 5.41) is 9.67. The largest absolute Gasteiger partial charge is 0.421 e. The Morgan fingerprint density at radius 3 is 2.71 bits per heavy atom. The van der Waals surface area contributed by atoms with Crippen LogP contribution in [0, 0.1) is 0 Å². The molecule has 1 rings (SSSR count). The van der Waals surface area contributed by atoms with Crippen LogP contribution < -0.4 is 0 Å². The standard InChI is InChI=1S/C9H10Br2O3/c1-2-3-5(12)7-8(11)6(4-10)14-9(7)13/h4-5,12H,2-3H2,1H3/b6-4+/t5-/m0/s1. The molecular formula is C9H10Br2O3. The Morgan fingerprint density at radius 1 is 1.64 bits per heavy atom. The first-order valence-electron chi connectivity index (χ1n) is 4.22. The second kappa shape index (κ2) is 5.09. The lowest BCUT2D eigenvalue weighted by Gasteiger charge is -2.07. The lowest BCUT2D eigenvalue weighted by atomic mass is 10.1. The second-order valence-corrected chi connectivity index (χ2v) is 4.15. The lowest BCUT2D eigenvalue weighted by molar-refractivity contribution is -0.134. The fourth-order valence-electron chi connectivity index (χ4n) is 1.19. The molecule has 1 aliphatic heterocycles. The van der Waals surface area contributed by atoms with Crippen molar-refractivity contribution in [2.75, 3.05) is 0 Å². The Morgan fingerprint density at radius 2 is 2.29 bits per heavy atom. The highest BCUT2D eigenvalue weighted by molar-refractivity contribution is 9.12. The molecule has 0 aromatic carbocycles. The van der Waals surface area contributed by atoms with Crippen molar-refractivity contribution >= 4 is 37.8 Å². The van der Waals surface area contributed by atoms with Crippen molar-refractivity contribution in [1.82, 2.24) is 0 Å². The first-order chi connectivity index (χ1) is 6.61. The predicted octanol–water partition coefficient (Wildman–Crippen LogP) is 2.59. The van der Waals surface area contributed by atoms with Crippen molar-refractivity contribution in [3.05, 3.63) is 20.8 Å². The minimum absolute atomic E-state index is 0.303. The summed E-state index contributed by atoms with van der Waals surface area (Å²) in [7, 11) is 0. The van der Waals surface area contributed by atoms with Crippen molar-refractivity contribution in [3.8, 4) is 0 Å². The summed E-state index contributed by atoms with van der Waals surface area (Å²) in [4.78, 5) is 12.8. The highest BCUT2D eigenvalue weighted by Crippen LogP contribution is 2.34. The van der Waals surface area contributed by atoms with E-state index in [-0.39, 0.29) is 0 Å².